The van der Waals surface area contributed by atoms with Crippen LogP contribution in [-0.4, -0.2) is 39.7 Å². The number of hydrogen-bond acceptors (Lipinski definition) is 5. The number of aromatic amines is 1. The number of ether oxygens (including phenoxy) is 1. The van der Waals surface area contributed by atoms with Crippen molar-refractivity contribution < 1.29 is 9.66 Å². The van der Waals surface area contributed by atoms with Crippen LogP contribution in [0.25, 0.3) is 5.69 Å². The van der Waals surface area contributed by atoms with Crippen molar-refractivity contribution in [2.75, 3.05) is 13.2 Å². The summed E-state index contributed by atoms with van der Waals surface area (Å²) in [5.41, 5.74) is 2.45. The molecular weight excluding hydrogens is 348 g/mol. The number of nitrogens with zero attached hydrogens (tertiary/aromatic N) is 3. The van der Waals surface area contributed by atoms with E-state index in [1.54, 1.807) is 12.1 Å². The predicted octanol–water partition coefficient (Wildman–Crippen LogP) is 3.01. The third-order valence-corrected chi connectivity index (χ3v) is 4.70. The van der Waals surface area contributed by atoms with E-state index in [9.17, 15) is 14.9 Å². The molecule has 1 N–H and O–H groups in total. The number of hydrogen-bond donors (Lipinski definition) is 1. The van der Waals surface area contributed by atoms with E-state index in [4.69, 9.17) is 4.74 Å². The highest BCUT2D eigenvalue weighted by Gasteiger charge is 2.19. The lowest BCUT2D eigenvalue weighted by molar-refractivity contribution is -0.384. The minimum absolute atomic E-state index is 0.0123. The van der Waals surface area contributed by atoms with Crippen LogP contribution in [0.5, 0.6) is 0 Å². The number of aryl methyl sites for hydroxylation is 1. The molecule has 3 rings (SSSR count). The van der Waals surface area contributed by atoms with Crippen LogP contribution in [0.4, 0.5) is 5.69 Å². The molecule has 1 aromatic carbocycles. The predicted molar refractivity (Wildman–Crippen MR) is 103 cm³/mol. The van der Waals surface area contributed by atoms with E-state index >= 15 is 0 Å². The van der Waals surface area contributed by atoms with Gasteiger partial charge in [0.1, 0.15) is 0 Å². The third kappa shape index (κ3) is 4.16. The molecule has 0 saturated carbocycles. The quantitative estimate of drug-likeness (QED) is 0.458. The molecule has 27 heavy (non-hydrogen) atoms. The van der Waals surface area contributed by atoms with E-state index in [0.717, 1.165) is 38.0 Å². The highest BCUT2D eigenvalue weighted by Crippen LogP contribution is 2.16. The second kappa shape index (κ2) is 8.30. The van der Waals surface area contributed by atoms with E-state index in [1.807, 2.05) is 13.8 Å². The molecule has 8 heteroatoms. The fourth-order valence-electron chi connectivity index (χ4n) is 3.30. The monoisotopic (exact) mass is 372 g/mol. The van der Waals surface area contributed by atoms with Crippen LogP contribution in [0.15, 0.2) is 34.1 Å². The first-order valence-electron chi connectivity index (χ1n) is 9.23. The lowest BCUT2D eigenvalue weighted by atomic mass is 10.1. The summed E-state index contributed by atoms with van der Waals surface area (Å²) in [6.07, 6.45) is 3.78. The first-order chi connectivity index (χ1) is 13.0. The lowest BCUT2D eigenvalue weighted by Gasteiger charge is -2.06. The number of nitro benzene ring substituents is 1. The second-order valence-corrected chi connectivity index (χ2v) is 6.69. The first kappa shape index (κ1) is 19.0. The summed E-state index contributed by atoms with van der Waals surface area (Å²) in [6.45, 7) is 5.22. The topological polar surface area (TPSA) is 103 Å². The molecule has 144 valence electrons. The molecule has 1 saturated heterocycles. The van der Waals surface area contributed by atoms with Crippen molar-refractivity contribution in [1.29, 1.82) is 0 Å². The average molecular weight is 372 g/mol. The smallest absolute Gasteiger partial charge is 0.280 e. The van der Waals surface area contributed by atoms with Crippen molar-refractivity contribution in [3.8, 4) is 5.69 Å². The molecule has 0 bridgehead atoms. The zero-order valence-corrected chi connectivity index (χ0v) is 15.6. The molecule has 0 unspecified atom stereocenters. The summed E-state index contributed by atoms with van der Waals surface area (Å²) >= 11 is 0. The molecule has 0 spiro atoms. The van der Waals surface area contributed by atoms with Gasteiger partial charge in [0.25, 0.3) is 11.2 Å². The molecule has 1 aliphatic heterocycles. The second-order valence-electron chi connectivity index (χ2n) is 6.69. The average Bonchev–Trinajstić information content (AvgIpc) is 3.28. The van der Waals surface area contributed by atoms with Gasteiger partial charge in [0.15, 0.2) is 0 Å². The van der Waals surface area contributed by atoms with Crippen LogP contribution in [0, 0.1) is 10.1 Å². The SMILES string of the molecule is CCCc1[nH]n(-c2ccc([N+](=O)[O-])cc2)c(=O)c1C(C)=NC[C@@H]1CCCO1. The van der Waals surface area contributed by atoms with Crippen molar-refractivity contribution in [3.05, 3.63) is 56.0 Å². The van der Waals surface area contributed by atoms with Crippen molar-refractivity contribution >= 4 is 11.4 Å². The van der Waals surface area contributed by atoms with Gasteiger partial charge >= 0.3 is 0 Å². The van der Waals surface area contributed by atoms with E-state index in [0.29, 0.717) is 23.5 Å². The van der Waals surface area contributed by atoms with Gasteiger partial charge in [0, 0.05) is 30.1 Å². The highest BCUT2D eigenvalue weighted by molar-refractivity contribution is 5.99. The number of rotatable bonds is 7. The lowest BCUT2D eigenvalue weighted by Crippen LogP contribution is -2.20. The number of nitrogens with one attached hydrogen (secondary N) is 1. The zero-order chi connectivity index (χ0) is 19.4. The molecule has 1 fully saturated rings. The fraction of sp³-hybridized carbons (Fsp3) is 0.474. The number of aliphatic imine (C=N–C) groups is 1. The fourth-order valence-corrected chi connectivity index (χ4v) is 3.30. The summed E-state index contributed by atoms with van der Waals surface area (Å²) in [5.74, 6) is 0. The van der Waals surface area contributed by atoms with E-state index < -0.39 is 4.92 Å². The Kier molecular flexibility index (Phi) is 5.85. The van der Waals surface area contributed by atoms with E-state index in [1.165, 1.54) is 16.8 Å². The van der Waals surface area contributed by atoms with Crippen LogP contribution in [-0.2, 0) is 11.2 Å². The molecule has 1 aliphatic rings. The Labute approximate surface area is 157 Å². The molecule has 2 aromatic rings. The van der Waals surface area contributed by atoms with Gasteiger partial charge in [-0.25, -0.2) is 4.68 Å². The summed E-state index contributed by atoms with van der Waals surface area (Å²) in [5, 5.41) is 14.0. The van der Waals surface area contributed by atoms with Crippen molar-refractivity contribution in [3.63, 3.8) is 0 Å². The Bertz CT molecular complexity index is 889. The molecule has 1 atom stereocenters. The van der Waals surface area contributed by atoms with Crippen LogP contribution in [0.1, 0.15) is 44.4 Å². The van der Waals surface area contributed by atoms with Crippen molar-refractivity contribution in [1.82, 2.24) is 9.78 Å². The van der Waals surface area contributed by atoms with E-state index in [-0.39, 0.29) is 17.4 Å². The van der Waals surface area contributed by atoms with Gasteiger partial charge in [0.2, 0.25) is 0 Å². The number of H-pyrrole nitrogens is 1. The standard InChI is InChI=1S/C19H24N4O4/c1-3-5-17-18(13(2)20-12-16-6-4-11-27-16)19(24)22(21-17)14-7-9-15(10-8-14)23(25)26/h7-10,16,21H,3-6,11-12H2,1-2H3/t16-/m0/s1. The summed E-state index contributed by atoms with van der Waals surface area (Å²) < 4.78 is 7.02. The van der Waals surface area contributed by atoms with Crippen LogP contribution < -0.4 is 5.56 Å². The molecule has 8 nitrogen and oxygen atoms in total. The summed E-state index contributed by atoms with van der Waals surface area (Å²) in [4.78, 5) is 28.0. The van der Waals surface area contributed by atoms with Gasteiger partial charge in [0.05, 0.1) is 28.8 Å². The van der Waals surface area contributed by atoms with Crippen LogP contribution in [0.2, 0.25) is 0 Å². The minimum atomic E-state index is -0.461. The molecule has 0 radical (unpaired) electrons. The molecular formula is C19H24N4O4. The highest BCUT2D eigenvalue weighted by atomic mass is 16.6. The maximum Gasteiger partial charge on any atom is 0.280 e. The van der Waals surface area contributed by atoms with Gasteiger partial charge in [-0.3, -0.25) is 25.0 Å². The maximum absolute atomic E-state index is 13.0. The third-order valence-electron chi connectivity index (χ3n) is 4.70. The molecule has 0 amide bonds. The molecule has 2 heterocycles. The molecule has 0 aliphatic carbocycles. The Balaban J connectivity index is 1.94. The number of benzene rings is 1. The summed E-state index contributed by atoms with van der Waals surface area (Å²) in [7, 11) is 0. The molecule has 1 aromatic heterocycles. The van der Waals surface area contributed by atoms with Gasteiger partial charge in [-0.2, -0.15) is 0 Å². The maximum atomic E-state index is 13.0. The zero-order valence-electron chi connectivity index (χ0n) is 15.6. The number of nitro groups is 1. The Hall–Kier alpha value is -2.74. The first-order valence-corrected chi connectivity index (χ1v) is 9.23. The Morgan fingerprint density at radius 3 is 2.74 bits per heavy atom. The summed E-state index contributed by atoms with van der Waals surface area (Å²) in [6, 6.07) is 5.91. The number of aromatic nitrogens is 2. The Morgan fingerprint density at radius 1 is 1.41 bits per heavy atom. The normalized spacial score (nSPS) is 17.4. The van der Waals surface area contributed by atoms with Crippen molar-refractivity contribution in [2.24, 2.45) is 4.99 Å². The number of non-ortho nitro benzene ring substituents is 1. The van der Waals surface area contributed by atoms with Crippen LogP contribution >= 0.6 is 0 Å². The minimum Gasteiger partial charge on any atom is -0.376 e. The van der Waals surface area contributed by atoms with Crippen molar-refractivity contribution in [2.45, 2.75) is 45.6 Å². The van der Waals surface area contributed by atoms with Gasteiger partial charge < -0.3 is 4.74 Å². The van der Waals surface area contributed by atoms with Gasteiger partial charge in [-0.1, -0.05) is 13.3 Å². The van der Waals surface area contributed by atoms with Gasteiger partial charge in [-0.15, -0.1) is 0 Å². The van der Waals surface area contributed by atoms with E-state index in [2.05, 4.69) is 10.1 Å². The van der Waals surface area contributed by atoms with Gasteiger partial charge in [-0.05, 0) is 38.3 Å². The Morgan fingerprint density at radius 2 is 2.15 bits per heavy atom. The largest absolute Gasteiger partial charge is 0.376 e. The van der Waals surface area contributed by atoms with Crippen LogP contribution in [0.3, 0.4) is 0 Å².